The van der Waals surface area contributed by atoms with Crippen LogP contribution in [0.3, 0.4) is 0 Å². The van der Waals surface area contributed by atoms with Crippen molar-refractivity contribution < 1.29 is 8.42 Å². The Bertz CT molecular complexity index is 265. The molecule has 4 nitrogen and oxygen atoms in total. The highest BCUT2D eigenvalue weighted by Crippen LogP contribution is 2.22. The van der Waals surface area contributed by atoms with Crippen molar-refractivity contribution in [2.75, 3.05) is 0 Å². The van der Waals surface area contributed by atoms with Gasteiger partial charge in [0.25, 0.3) is 0 Å². The lowest BCUT2D eigenvalue weighted by molar-refractivity contribution is 0.490. The first kappa shape index (κ1) is 7.56. The average molecular weight is 162 g/mol. The van der Waals surface area contributed by atoms with Crippen molar-refractivity contribution in [3.63, 3.8) is 0 Å². The minimum Gasteiger partial charge on any atom is -0.311 e. The number of hydrogen-bond donors (Lipinski definition) is 2. The van der Waals surface area contributed by atoms with Crippen LogP contribution < -0.4 is 10.9 Å². The third kappa shape index (κ3) is 0.741. The fourth-order valence-corrected chi connectivity index (χ4v) is 1.65. The number of sulfone groups is 1. The minimum absolute atomic E-state index is 0.0394. The summed E-state index contributed by atoms with van der Waals surface area (Å²) in [6.07, 6.45) is 0. The van der Waals surface area contributed by atoms with Crippen molar-refractivity contribution in [3.8, 4) is 0 Å². The lowest BCUT2D eigenvalue weighted by Gasteiger charge is -2.13. The van der Waals surface area contributed by atoms with Crippen LogP contribution in [-0.2, 0) is 9.84 Å². The fraction of sp³-hybridized carbons (Fsp3) is 0.600. The highest BCUT2D eigenvalue weighted by atomic mass is 32.2. The first-order chi connectivity index (χ1) is 4.38. The third-order valence-corrected chi connectivity index (χ3v) is 3.70. The normalized spacial score (nSPS) is 28.0. The van der Waals surface area contributed by atoms with E-state index in [1.54, 1.807) is 13.8 Å². The molecule has 0 radical (unpaired) electrons. The average Bonchev–Trinajstić information content (AvgIpc) is 1.94. The highest BCUT2D eigenvalue weighted by Gasteiger charge is 2.42. The van der Waals surface area contributed by atoms with Crippen molar-refractivity contribution in [2.24, 2.45) is 0 Å². The molecule has 1 aliphatic rings. The first-order valence-corrected chi connectivity index (χ1v) is 4.33. The standard InChI is InChI=1S/C5H10N2O2S/c1-4-6-7-5(2,3)10(4,8)9/h6-7H,1H2,2-3H3. The Morgan fingerprint density at radius 2 is 2.00 bits per heavy atom. The van der Waals surface area contributed by atoms with Gasteiger partial charge in [0.2, 0.25) is 9.84 Å². The second-order valence-electron chi connectivity index (χ2n) is 2.69. The quantitative estimate of drug-likeness (QED) is 0.514. The lowest BCUT2D eigenvalue weighted by Crippen LogP contribution is -2.41. The molecule has 1 rings (SSSR count). The SMILES string of the molecule is C=C1NNC(C)(C)S1(=O)=O. The van der Waals surface area contributed by atoms with Gasteiger partial charge in [-0.2, -0.15) is 0 Å². The Kier molecular flexibility index (Phi) is 1.31. The van der Waals surface area contributed by atoms with E-state index in [9.17, 15) is 8.42 Å². The Morgan fingerprint density at radius 1 is 1.50 bits per heavy atom. The van der Waals surface area contributed by atoms with Crippen molar-refractivity contribution >= 4 is 9.84 Å². The summed E-state index contributed by atoms with van der Waals surface area (Å²) in [5, 5.41) is 0.0394. The van der Waals surface area contributed by atoms with Crippen LogP contribution in [0.5, 0.6) is 0 Å². The summed E-state index contributed by atoms with van der Waals surface area (Å²) in [6.45, 7) is 6.49. The maximum absolute atomic E-state index is 11.2. The zero-order valence-corrected chi connectivity index (χ0v) is 6.75. The molecule has 0 unspecified atom stereocenters. The number of hydrazine groups is 1. The van der Waals surface area contributed by atoms with Crippen LogP contribution in [0.4, 0.5) is 0 Å². The summed E-state index contributed by atoms with van der Waals surface area (Å²) in [6, 6.07) is 0. The van der Waals surface area contributed by atoms with Gasteiger partial charge in [0, 0.05) is 0 Å². The Hall–Kier alpha value is -0.550. The van der Waals surface area contributed by atoms with Gasteiger partial charge < -0.3 is 5.43 Å². The highest BCUT2D eigenvalue weighted by molar-refractivity contribution is 7.96. The van der Waals surface area contributed by atoms with E-state index in [2.05, 4.69) is 17.4 Å². The molecule has 0 aliphatic carbocycles. The summed E-state index contributed by atoms with van der Waals surface area (Å²) in [5.41, 5.74) is 5.07. The molecule has 0 atom stereocenters. The fourth-order valence-electron chi connectivity index (χ4n) is 0.663. The molecule has 0 bridgehead atoms. The van der Waals surface area contributed by atoms with E-state index >= 15 is 0 Å². The van der Waals surface area contributed by atoms with E-state index in [-0.39, 0.29) is 5.03 Å². The molecular weight excluding hydrogens is 152 g/mol. The topological polar surface area (TPSA) is 58.2 Å². The van der Waals surface area contributed by atoms with Gasteiger partial charge in [-0.3, -0.25) is 0 Å². The maximum atomic E-state index is 11.2. The molecule has 0 amide bonds. The molecule has 1 aliphatic heterocycles. The van der Waals surface area contributed by atoms with Crippen LogP contribution in [-0.4, -0.2) is 13.3 Å². The molecule has 5 heteroatoms. The molecule has 1 heterocycles. The van der Waals surface area contributed by atoms with Crippen molar-refractivity contribution in [1.29, 1.82) is 0 Å². The smallest absolute Gasteiger partial charge is 0.213 e. The molecule has 58 valence electrons. The molecule has 1 saturated heterocycles. The summed E-state index contributed by atoms with van der Waals surface area (Å²) >= 11 is 0. The van der Waals surface area contributed by atoms with Crippen LogP contribution in [0.15, 0.2) is 11.6 Å². The second-order valence-corrected chi connectivity index (χ2v) is 5.21. The summed E-state index contributed by atoms with van der Waals surface area (Å²) < 4.78 is 22.4. The van der Waals surface area contributed by atoms with Gasteiger partial charge in [-0.15, -0.1) is 0 Å². The Balaban J connectivity index is 3.21. The lowest BCUT2D eigenvalue weighted by atomic mass is 10.4. The van der Waals surface area contributed by atoms with E-state index in [4.69, 9.17) is 0 Å². The number of hydrogen-bond acceptors (Lipinski definition) is 4. The van der Waals surface area contributed by atoms with Crippen LogP contribution in [0.25, 0.3) is 0 Å². The van der Waals surface area contributed by atoms with E-state index in [1.807, 2.05) is 0 Å². The maximum Gasteiger partial charge on any atom is 0.213 e. The predicted molar refractivity (Wildman–Crippen MR) is 38.4 cm³/mol. The number of nitrogens with one attached hydrogen (secondary N) is 2. The molecule has 2 N–H and O–H groups in total. The molecule has 0 aromatic heterocycles. The monoisotopic (exact) mass is 162 g/mol. The molecule has 0 aromatic rings. The zero-order valence-electron chi connectivity index (χ0n) is 5.93. The molecule has 0 saturated carbocycles. The van der Waals surface area contributed by atoms with E-state index in [0.29, 0.717) is 0 Å². The molecule has 10 heavy (non-hydrogen) atoms. The summed E-state index contributed by atoms with van der Waals surface area (Å²) in [4.78, 5) is -0.927. The largest absolute Gasteiger partial charge is 0.311 e. The molecule has 0 aromatic carbocycles. The minimum atomic E-state index is -3.22. The Morgan fingerprint density at radius 3 is 2.10 bits per heavy atom. The van der Waals surface area contributed by atoms with Crippen LogP contribution >= 0.6 is 0 Å². The van der Waals surface area contributed by atoms with Gasteiger partial charge in [0.05, 0.1) is 0 Å². The summed E-state index contributed by atoms with van der Waals surface area (Å²) in [7, 11) is -3.22. The van der Waals surface area contributed by atoms with E-state index < -0.39 is 14.7 Å². The zero-order chi connectivity index (χ0) is 7.99. The number of rotatable bonds is 0. The van der Waals surface area contributed by atoms with Gasteiger partial charge in [0.1, 0.15) is 9.90 Å². The van der Waals surface area contributed by atoms with Crippen LogP contribution in [0, 0.1) is 0 Å². The van der Waals surface area contributed by atoms with Crippen LogP contribution in [0.1, 0.15) is 13.8 Å². The van der Waals surface area contributed by atoms with E-state index in [1.165, 1.54) is 0 Å². The van der Waals surface area contributed by atoms with Gasteiger partial charge in [-0.25, -0.2) is 13.8 Å². The van der Waals surface area contributed by atoms with E-state index in [0.717, 1.165) is 0 Å². The third-order valence-electron chi connectivity index (χ3n) is 1.50. The van der Waals surface area contributed by atoms with Crippen molar-refractivity contribution in [3.05, 3.63) is 11.6 Å². The Labute approximate surface area is 60.2 Å². The molecule has 1 fully saturated rings. The van der Waals surface area contributed by atoms with Gasteiger partial charge in [-0.1, -0.05) is 6.58 Å². The van der Waals surface area contributed by atoms with Crippen molar-refractivity contribution in [2.45, 2.75) is 18.7 Å². The van der Waals surface area contributed by atoms with Gasteiger partial charge >= 0.3 is 0 Å². The second kappa shape index (κ2) is 1.73. The van der Waals surface area contributed by atoms with Crippen LogP contribution in [0.2, 0.25) is 0 Å². The van der Waals surface area contributed by atoms with Gasteiger partial charge in [0.15, 0.2) is 0 Å². The predicted octanol–water partition coefficient (Wildman–Crippen LogP) is -0.284. The molecular formula is C5H10N2O2S. The van der Waals surface area contributed by atoms with Gasteiger partial charge in [-0.05, 0) is 13.8 Å². The first-order valence-electron chi connectivity index (χ1n) is 2.85. The van der Waals surface area contributed by atoms with Crippen molar-refractivity contribution in [1.82, 2.24) is 10.9 Å². The summed E-state index contributed by atoms with van der Waals surface area (Å²) in [5.74, 6) is 0. The molecule has 0 spiro atoms.